The largest absolute Gasteiger partial charge is 0.382 e. The number of nitriles is 1. The maximum atomic E-state index is 9.57. The van der Waals surface area contributed by atoms with Gasteiger partial charge in [0.15, 0.2) is 5.96 Å². The van der Waals surface area contributed by atoms with Crippen LogP contribution >= 0.6 is 0 Å². The van der Waals surface area contributed by atoms with Gasteiger partial charge in [-0.05, 0) is 42.5 Å². The molecule has 0 atom stereocenters. The normalized spacial score (nSPS) is 13.5. The highest BCUT2D eigenvalue weighted by molar-refractivity contribution is 5.80. The molecule has 7 nitrogen and oxygen atoms in total. The van der Waals surface area contributed by atoms with Crippen LogP contribution in [0.2, 0.25) is 0 Å². The Balaban J connectivity index is 1.36. The number of nitrogens with zero attached hydrogens (tertiary/aromatic N) is 5. The minimum absolute atomic E-state index is 0.388. The number of nitrogens with two attached hydrogens (primary N) is 1. The summed E-state index contributed by atoms with van der Waals surface area (Å²) in [7, 11) is 1.82. The summed E-state index contributed by atoms with van der Waals surface area (Å²) in [5.74, 6) is 1.30. The highest BCUT2D eigenvalue weighted by Crippen LogP contribution is 2.21. The van der Waals surface area contributed by atoms with Crippen molar-refractivity contribution >= 4 is 11.8 Å². The van der Waals surface area contributed by atoms with E-state index in [4.69, 9.17) is 5.73 Å². The fourth-order valence-corrected chi connectivity index (χ4v) is 4.01. The molecule has 3 aromatic rings. The highest BCUT2D eigenvalue weighted by atomic mass is 15.3. The van der Waals surface area contributed by atoms with Crippen molar-refractivity contribution in [1.82, 2.24) is 20.0 Å². The van der Waals surface area contributed by atoms with Gasteiger partial charge in [-0.3, -0.25) is 4.99 Å². The number of aryl methyl sites for hydroxylation is 1. The predicted molar refractivity (Wildman–Crippen MR) is 123 cm³/mol. The first-order chi connectivity index (χ1) is 15.2. The number of hydrogen-bond acceptors (Lipinski definition) is 4. The van der Waals surface area contributed by atoms with Crippen LogP contribution in [0.3, 0.4) is 0 Å². The number of fused-ring (bicyclic) bond motifs is 1. The van der Waals surface area contributed by atoms with Gasteiger partial charge in [-0.1, -0.05) is 42.5 Å². The van der Waals surface area contributed by atoms with E-state index in [-0.39, 0.29) is 0 Å². The lowest BCUT2D eigenvalue weighted by atomic mass is 10.0. The van der Waals surface area contributed by atoms with E-state index in [2.05, 4.69) is 50.6 Å². The number of rotatable bonds is 5. The Bertz CT molecular complexity index is 1110. The van der Waals surface area contributed by atoms with Crippen LogP contribution in [-0.2, 0) is 19.4 Å². The number of benzene rings is 2. The standard InChI is InChI=1S/C24H27N7/c1-27-24(30-15-13-18-8-5-6-9-19(18)17-30)28-14-7-12-22-21(16-25)23(26)31(29-22)20-10-3-2-4-11-20/h2-6,8-11H,7,12-15,17,26H2,1H3,(H,27,28). The topological polar surface area (TPSA) is 95.3 Å². The zero-order chi connectivity index (χ0) is 21.6. The summed E-state index contributed by atoms with van der Waals surface area (Å²) in [6.45, 7) is 2.56. The lowest BCUT2D eigenvalue weighted by Crippen LogP contribution is -2.44. The molecule has 31 heavy (non-hydrogen) atoms. The summed E-state index contributed by atoms with van der Waals surface area (Å²) in [4.78, 5) is 6.74. The number of anilines is 1. The van der Waals surface area contributed by atoms with Crippen LogP contribution in [0.15, 0.2) is 59.6 Å². The molecule has 0 saturated carbocycles. The first-order valence-corrected chi connectivity index (χ1v) is 10.6. The zero-order valence-electron chi connectivity index (χ0n) is 17.8. The Morgan fingerprint density at radius 1 is 1.16 bits per heavy atom. The molecule has 1 aliphatic heterocycles. The van der Waals surface area contributed by atoms with Crippen LogP contribution in [0.1, 0.15) is 28.8 Å². The van der Waals surface area contributed by atoms with Crippen molar-refractivity contribution in [3.8, 4) is 11.8 Å². The number of nitrogen functional groups attached to an aromatic ring is 1. The molecule has 2 aromatic carbocycles. The van der Waals surface area contributed by atoms with Crippen molar-refractivity contribution < 1.29 is 0 Å². The molecule has 158 valence electrons. The Labute approximate surface area is 182 Å². The molecule has 0 radical (unpaired) electrons. The fourth-order valence-electron chi connectivity index (χ4n) is 4.01. The Morgan fingerprint density at radius 2 is 1.90 bits per heavy atom. The minimum atomic E-state index is 0.388. The number of para-hydroxylation sites is 1. The van der Waals surface area contributed by atoms with Gasteiger partial charge in [-0.2, -0.15) is 10.4 Å². The second-order valence-electron chi connectivity index (χ2n) is 7.58. The molecule has 0 spiro atoms. The summed E-state index contributed by atoms with van der Waals surface area (Å²) < 4.78 is 1.64. The number of aliphatic imine (C=N–C) groups is 1. The number of aromatic nitrogens is 2. The molecular weight excluding hydrogens is 386 g/mol. The lowest BCUT2D eigenvalue weighted by molar-refractivity contribution is 0.378. The highest BCUT2D eigenvalue weighted by Gasteiger charge is 2.19. The molecular formula is C24H27N7. The van der Waals surface area contributed by atoms with E-state index in [1.807, 2.05) is 37.4 Å². The molecule has 0 amide bonds. The van der Waals surface area contributed by atoms with E-state index in [1.54, 1.807) is 4.68 Å². The van der Waals surface area contributed by atoms with Crippen LogP contribution in [0.25, 0.3) is 5.69 Å². The van der Waals surface area contributed by atoms with Gasteiger partial charge in [-0.25, -0.2) is 4.68 Å². The Hall–Kier alpha value is -3.79. The SMILES string of the molecule is CN=C(NCCCc1nn(-c2ccccc2)c(N)c1C#N)N1CCc2ccccc2C1. The number of nitrogens with one attached hydrogen (secondary N) is 1. The summed E-state index contributed by atoms with van der Waals surface area (Å²) in [5.41, 5.74) is 11.0. The van der Waals surface area contributed by atoms with E-state index in [0.717, 1.165) is 49.8 Å². The maximum absolute atomic E-state index is 9.57. The van der Waals surface area contributed by atoms with Gasteiger partial charge in [0, 0.05) is 26.7 Å². The molecule has 1 aromatic heterocycles. The molecule has 0 fully saturated rings. The van der Waals surface area contributed by atoms with Gasteiger partial charge < -0.3 is 16.0 Å². The lowest BCUT2D eigenvalue weighted by Gasteiger charge is -2.31. The molecule has 4 rings (SSSR count). The van der Waals surface area contributed by atoms with Crippen molar-refractivity contribution in [2.45, 2.75) is 25.8 Å². The van der Waals surface area contributed by atoms with Gasteiger partial charge in [0.05, 0.1) is 11.4 Å². The summed E-state index contributed by atoms with van der Waals surface area (Å²) in [6, 6.07) is 20.4. The molecule has 7 heteroatoms. The summed E-state index contributed by atoms with van der Waals surface area (Å²) >= 11 is 0. The van der Waals surface area contributed by atoms with Crippen LogP contribution in [0, 0.1) is 11.3 Å². The third-order valence-corrected chi connectivity index (χ3v) is 5.62. The van der Waals surface area contributed by atoms with Crippen LogP contribution < -0.4 is 11.1 Å². The maximum Gasteiger partial charge on any atom is 0.193 e. The molecule has 0 bridgehead atoms. The summed E-state index contributed by atoms with van der Waals surface area (Å²) in [5, 5.41) is 17.6. The van der Waals surface area contributed by atoms with Crippen LogP contribution in [-0.4, -0.2) is 40.8 Å². The average Bonchev–Trinajstić information content (AvgIpc) is 3.14. The molecule has 2 heterocycles. The third-order valence-electron chi connectivity index (χ3n) is 5.62. The van der Waals surface area contributed by atoms with Gasteiger partial charge in [0.1, 0.15) is 17.5 Å². The second-order valence-corrected chi connectivity index (χ2v) is 7.58. The van der Waals surface area contributed by atoms with Crippen molar-refractivity contribution in [3.63, 3.8) is 0 Å². The van der Waals surface area contributed by atoms with Gasteiger partial charge in [0.2, 0.25) is 0 Å². The van der Waals surface area contributed by atoms with Gasteiger partial charge in [0.25, 0.3) is 0 Å². The fraction of sp³-hybridized carbons (Fsp3) is 0.292. The third kappa shape index (κ3) is 4.38. The Morgan fingerprint density at radius 3 is 2.65 bits per heavy atom. The smallest absolute Gasteiger partial charge is 0.193 e. The second kappa shape index (κ2) is 9.35. The molecule has 3 N–H and O–H groups in total. The zero-order valence-corrected chi connectivity index (χ0v) is 17.8. The van der Waals surface area contributed by atoms with Crippen LogP contribution in [0.5, 0.6) is 0 Å². The van der Waals surface area contributed by atoms with E-state index < -0.39 is 0 Å². The molecule has 0 unspecified atom stereocenters. The van der Waals surface area contributed by atoms with Crippen molar-refractivity contribution in [2.75, 3.05) is 25.9 Å². The number of hydrogen-bond donors (Lipinski definition) is 2. The van der Waals surface area contributed by atoms with E-state index in [0.29, 0.717) is 17.8 Å². The number of guanidine groups is 1. The van der Waals surface area contributed by atoms with E-state index >= 15 is 0 Å². The molecule has 0 aliphatic carbocycles. The quantitative estimate of drug-likeness (QED) is 0.381. The van der Waals surface area contributed by atoms with Crippen molar-refractivity contribution in [2.24, 2.45) is 4.99 Å². The molecule has 1 aliphatic rings. The first-order valence-electron chi connectivity index (χ1n) is 10.6. The monoisotopic (exact) mass is 413 g/mol. The molecule has 0 saturated heterocycles. The Kier molecular flexibility index (Phi) is 6.18. The average molecular weight is 414 g/mol. The van der Waals surface area contributed by atoms with E-state index in [9.17, 15) is 5.26 Å². The van der Waals surface area contributed by atoms with Crippen molar-refractivity contribution in [3.05, 3.63) is 77.0 Å². The van der Waals surface area contributed by atoms with Gasteiger partial charge >= 0.3 is 0 Å². The van der Waals surface area contributed by atoms with E-state index in [1.165, 1.54) is 11.1 Å². The summed E-state index contributed by atoms with van der Waals surface area (Å²) in [6.07, 6.45) is 2.52. The predicted octanol–water partition coefficient (Wildman–Crippen LogP) is 2.89. The first kappa shape index (κ1) is 20.5. The van der Waals surface area contributed by atoms with Gasteiger partial charge in [-0.15, -0.1) is 0 Å². The van der Waals surface area contributed by atoms with Crippen LogP contribution in [0.4, 0.5) is 5.82 Å². The van der Waals surface area contributed by atoms with Crippen molar-refractivity contribution in [1.29, 1.82) is 5.26 Å². The minimum Gasteiger partial charge on any atom is -0.382 e.